The average molecular weight is 370 g/mol. The molecule has 0 aromatic heterocycles. The molecule has 5 heteroatoms. The van der Waals surface area contributed by atoms with Crippen molar-refractivity contribution in [3.63, 3.8) is 0 Å². The minimum absolute atomic E-state index is 0.0934. The van der Waals surface area contributed by atoms with Gasteiger partial charge in [-0.05, 0) is 69.3 Å². The Morgan fingerprint density at radius 2 is 1.70 bits per heavy atom. The number of benzene rings is 1. The zero-order valence-corrected chi connectivity index (χ0v) is 16.1. The number of nitrogens with one attached hydrogen (secondary N) is 1. The van der Waals surface area contributed by atoms with Gasteiger partial charge in [-0.25, -0.2) is 0 Å². The van der Waals surface area contributed by atoms with Gasteiger partial charge in [-0.2, -0.15) is 0 Å². The van der Waals surface area contributed by atoms with E-state index >= 15 is 0 Å². The molecule has 2 saturated carbocycles. The highest BCUT2D eigenvalue weighted by atomic mass is 16.2. The van der Waals surface area contributed by atoms with Crippen LogP contribution in [0.5, 0.6) is 0 Å². The predicted octanol–water partition coefficient (Wildman–Crippen LogP) is 2.59. The van der Waals surface area contributed by atoms with E-state index in [0.29, 0.717) is 11.0 Å². The van der Waals surface area contributed by atoms with Gasteiger partial charge in [0, 0.05) is 23.6 Å². The molecule has 5 nitrogen and oxygen atoms in total. The summed E-state index contributed by atoms with van der Waals surface area (Å²) in [5.41, 5.74) is 7.86. The molecule has 1 saturated heterocycles. The maximum Gasteiger partial charge on any atom is 0.251 e. The average Bonchev–Trinajstić information content (AvgIpc) is 3.27. The quantitative estimate of drug-likeness (QED) is 0.809. The van der Waals surface area contributed by atoms with Gasteiger partial charge in [0.2, 0.25) is 5.91 Å². The fourth-order valence-corrected chi connectivity index (χ4v) is 4.93. The number of nitrogens with zero attached hydrogens (tertiary/aromatic N) is 1. The number of hydrogen-bond acceptors (Lipinski definition) is 3. The number of carbonyl (C=O) groups excluding carboxylic acids is 2. The first kappa shape index (κ1) is 18.5. The van der Waals surface area contributed by atoms with Crippen molar-refractivity contribution in [2.24, 2.45) is 11.7 Å². The maximum absolute atomic E-state index is 12.7. The molecule has 0 bridgehead atoms. The summed E-state index contributed by atoms with van der Waals surface area (Å²) in [6.45, 7) is 3.61. The largest absolute Gasteiger partial charge is 0.369 e. The second-order valence-corrected chi connectivity index (χ2v) is 8.71. The Bertz CT molecular complexity index is 690. The number of primary amides is 1. The molecule has 0 spiro atoms. The van der Waals surface area contributed by atoms with Crippen molar-refractivity contribution in [2.45, 2.75) is 62.8 Å². The highest BCUT2D eigenvalue weighted by Gasteiger charge is 2.45. The number of rotatable bonds is 6. The number of nitrogens with two attached hydrogens (primary N) is 1. The van der Waals surface area contributed by atoms with Gasteiger partial charge < -0.3 is 16.0 Å². The molecular formula is C22H31N3O2. The van der Waals surface area contributed by atoms with Crippen LogP contribution in [0.1, 0.15) is 67.3 Å². The lowest BCUT2D eigenvalue weighted by Crippen LogP contribution is -2.47. The first-order valence-corrected chi connectivity index (χ1v) is 10.5. The highest BCUT2D eigenvalue weighted by Crippen LogP contribution is 2.49. The molecule has 1 aromatic rings. The maximum atomic E-state index is 12.7. The molecule has 2 aliphatic carbocycles. The summed E-state index contributed by atoms with van der Waals surface area (Å²) in [5, 5.41) is 3.05. The highest BCUT2D eigenvalue weighted by molar-refractivity contribution is 5.95. The van der Waals surface area contributed by atoms with Crippen LogP contribution in [0.4, 0.5) is 0 Å². The van der Waals surface area contributed by atoms with Crippen LogP contribution < -0.4 is 11.1 Å². The summed E-state index contributed by atoms with van der Waals surface area (Å²) >= 11 is 0. The Balaban J connectivity index is 1.39. The zero-order valence-electron chi connectivity index (χ0n) is 16.1. The van der Waals surface area contributed by atoms with Gasteiger partial charge in [-0.1, -0.05) is 25.0 Å². The number of amides is 2. The van der Waals surface area contributed by atoms with Crippen molar-refractivity contribution < 1.29 is 9.59 Å². The third kappa shape index (κ3) is 4.03. The third-order valence-corrected chi connectivity index (χ3v) is 6.79. The third-order valence-electron chi connectivity index (χ3n) is 6.79. The molecular weight excluding hydrogens is 338 g/mol. The monoisotopic (exact) mass is 369 g/mol. The molecule has 3 N–H and O–H groups in total. The minimum Gasteiger partial charge on any atom is -0.369 e. The molecule has 27 heavy (non-hydrogen) atoms. The Morgan fingerprint density at radius 3 is 2.33 bits per heavy atom. The van der Waals surface area contributed by atoms with Crippen LogP contribution in [-0.2, 0) is 10.2 Å². The Hall–Kier alpha value is -1.88. The van der Waals surface area contributed by atoms with Crippen LogP contribution in [0.25, 0.3) is 0 Å². The van der Waals surface area contributed by atoms with Crippen LogP contribution in [0.15, 0.2) is 24.3 Å². The lowest BCUT2D eigenvalue weighted by molar-refractivity contribution is -0.123. The van der Waals surface area contributed by atoms with Gasteiger partial charge in [-0.15, -0.1) is 0 Å². The molecule has 1 heterocycles. The van der Waals surface area contributed by atoms with Crippen LogP contribution in [0.3, 0.4) is 0 Å². The normalized spacial score (nSPS) is 27.3. The van der Waals surface area contributed by atoms with E-state index in [2.05, 4.69) is 22.3 Å². The molecule has 2 atom stereocenters. The molecule has 2 amide bonds. The van der Waals surface area contributed by atoms with Crippen molar-refractivity contribution in [3.8, 4) is 0 Å². The van der Waals surface area contributed by atoms with E-state index in [1.54, 1.807) is 0 Å². The van der Waals surface area contributed by atoms with Gasteiger partial charge in [0.15, 0.2) is 0 Å². The molecule has 2 unspecified atom stereocenters. The van der Waals surface area contributed by atoms with E-state index in [-0.39, 0.29) is 23.8 Å². The van der Waals surface area contributed by atoms with Gasteiger partial charge in [0.05, 0.1) is 5.92 Å². The first-order chi connectivity index (χ1) is 13.1. The lowest BCUT2D eigenvalue weighted by Gasteiger charge is -2.30. The summed E-state index contributed by atoms with van der Waals surface area (Å²) in [5.74, 6) is -0.630. The number of hydrogen-bond donors (Lipinski definition) is 2. The summed E-state index contributed by atoms with van der Waals surface area (Å²) in [6.07, 6.45) is 8.79. The second kappa shape index (κ2) is 7.63. The van der Waals surface area contributed by atoms with E-state index in [0.717, 1.165) is 32.2 Å². The van der Waals surface area contributed by atoms with Crippen molar-refractivity contribution in [2.75, 3.05) is 19.6 Å². The molecule has 1 aromatic carbocycles. The van der Waals surface area contributed by atoms with Gasteiger partial charge in [0.1, 0.15) is 0 Å². The summed E-state index contributed by atoms with van der Waals surface area (Å²) in [7, 11) is 0. The number of carbonyl (C=O) groups is 2. The second-order valence-electron chi connectivity index (χ2n) is 8.71. The smallest absolute Gasteiger partial charge is 0.251 e. The fourth-order valence-electron chi connectivity index (χ4n) is 4.93. The van der Waals surface area contributed by atoms with Gasteiger partial charge in [0.25, 0.3) is 5.91 Å². The minimum atomic E-state index is -0.298. The molecule has 3 fully saturated rings. The fraction of sp³-hybridized carbons (Fsp3) is 0.636. The van der Waals surface area contributed by atoms with Crippen LogP contribution in [0.2, 0.25) is 0 Å². The molecule has 0 radical (unpaired) electrons. The van der Waals surface area contributed by atoms with Crippen molar-refractivity contribution >= 4 is 11.8 Å². The van der Waals surface area contributed by atoms with Gasteiger partial charge >= 0.3 is 0 Å². The Morgan fingerprint density at radius 1 is 1.04 bits per heavy atom. The summed E-state index contributed by atoms with van der Waals surface area (Å²) in [4.78, 5) is 26.9. The molecule has 1 aliphatic heterocycles. The van der Waals surface area contributed by atoms with Crippen LogP contribution in [0, 0.1) is 5.92 Å². The van der Waals surface area contributed by atoms with Crippen molar-refractivity contribution in [3.05, 3.63) is 35.4 Å². The van der Waals surface area contributed by atoms with E-state index in [4.69, 9.17) is 5.73 Å². The van der Waals surface area contributed by atoms with Crippen molar-refractivity contribution in [1.29, 1.82) is 0 Å². The SMILES string of the molecule is NC(=O)C1CCCCC1NC(=O)c1ccc(C2(CN3CCCC3)CC2)cc1. The molecule has 146 valence electrons. The Labute approximate surface area is 161 Å². The topological polar surface area (TPSA) is 75.4 Å². The van der Waals surface area contributed by atoms with E-state index in [9.17, 15) is 9.59 Å². The van der Waals surface area contributed by atoms with E-state index < -0.39 is 0 Å². The zero-order chi connectivity index (χ0) is 18.9. The molecule has 4 rings (SSSR count). The standard InChI is InChI=1S/C22H31N3O2/c23-20(26)18-5-1-2-6-19(18)24-21(27)16-7-9-17(10-8-16)22(11-12-22)15-25-13-3-4-14-25/h7-10,18-19H,1-6,11-15H2,(H2,23,26)(H,24,27). The van der Waals surface area contributed by atoms with E-state index in [1.165, 1.54) is 44.3 Å². The predicted molar refractivity (Wildman–Crippen MR) is 105 cm³/mol. The van der Waals surface area contributed by atoms with Crippen LogP contribution >= 0.6 is 0 Å². The van der Waals surface area contributed by atoms with Crippen molar-refractivity contribution in [1.82, 2.24) is 10.2 Å². The summed E-state index contributed by atoms with van der Waals surface area (Å²) in [6, 6.07) is 8.01. The lowest BCUT2D eigenvalue weighted by atomic mass is 9.84. The first-order valence-electron chi connectivity index (χ1n) is 10.5. The Kier molecular flexibility index (Phi) is 5.22. The van der Waals surface area contributed by atoms with Crippen LogP contribution in [-0.4, -0.2) is 42.4 Å². The van der Waals surface area contributed by atoms with E-state index in [1.807, 2.05) is 12.1 Å². The molecule has 3 aliphatic rings. The summed E-state index contributed by atoms with van der Waals surface area (Å²) < 4.78 is 0. The number of likely N-dealkylation sites (tertiary alicyclic amines) is 1. The van der Waals surface area contributed by atoms with Gasteiger partial charge in [-0.3, -0.25) is 9.59 Å².